The molecule has 0 amide bonds. The van der Waals surface area contributed by atoms with Gasteiger partial charge in [0.05, 0.1) is 5.56 Å². The number of fused-ring (bicyclic) bond motifs is 3. The molecule has 0 spiro atoms. The van der Waals surface area contributed by atoms with Gasteiger partial charge in [0.1, 0.15) is 13.7 Å². The molecule has 2 nitrogen and oxygen atoms in total. The van der Waals surface area contributed by atoms with Gasteiger partial charge in [0.25, 0.3) is 5.69 Å². The van der Waals surface area contributed by atoms with Crippen LogP contribution in [0.25, 0.3) is 11.3 Å². The summed E-state index contributed by atoms with van der Waals surface area (Å²) in [6.07, 6.45) is 2.06. The van der Waals surface area contributed by atoms with Crippen LogP contribution >= 0.6 is 0 Å². The monoisotopic (exact) mass is 212 g/mol. The number of nitrogens with zero attached hydrogens (tertiary/aromatic N) is 1. The quantitative estimate of drug-likeness (QED) is 0.611. The predicted molar refractivity (Wildman–Crippen MR) is 62.1 cm³/mol. The van der Waals surface area contributed by atoms with E-state index in [0.29, 0.717) is 6.61 Å². The van der Waals surface area contributed by atoms with Gasteiger partial charge in [-0.25, -0.2) is 0 Å². The highest BCUT2D eigenvalue weighted by atomic mass is 16.5. The fourth-order valence-electron chi connectivity index (χ4n) is 2.35. The topological polar surface area (TPSA) is 13.1 Å². The molecule has 0 atom stereocenters. The van der Waals surface area contributed by atoms with Crippen LogP contribution in [-0.4, -0.2) is 0 Å². The maximum atomic E-state index is 5.76. The zero-order valence-corrected chi connectivity index (χ0v) is 9.53. The van der Waals surface area contributed by atoms with Gasteiger partial charge < -0.3 is 4.74 Å². The number of rotatable bonds is 0. The summed E-state index contributed by atoms with van der Waals surface area (Å²) in [6.45, 7) is 2.83. The summed E-state index contributed by atoms with van der Waals surface area (Å²) in [5.41, 5.74) is 5.09. The molecular weight excluding hydrogens is 198 g/mol. The Morgan fingerprint density at radius 1 is 1.19 bits per heavy atom. The molecule has 1 aromatic heterocycles. The fourth-order valence-corrected chi connectivity index (χ4v) is 2.35. The van der Waals surface area contributed by atoms with Crippen LogP contribution < -0.4 is 9.30 Å². The number of aromatic nitrogens is 1. The van der Waals surface area contributed by atoms with E-state index in [1.165, 1.54) is 22.4 Å². The number of benzene rings is 1. The van der Waals surface area contributed by atoms with Crippen molar-refractivity contribution in [1.82, 2.24) is 0 Å². The van der Waals surface area contributed by atoms with Crippen molar-refractivity contribution in [1.29, 1.82) is 0 Å². The number of pyridine rings is 1. The third-order valence-electron chi connectivity index (χ3n) is 3.12. The zero-order chi connectivity index (χ0) is 11.1. The molecule has 1 aliphatic rings. The predicted octanol–water partition coefficient (Wildman–Crippen LogP) is 2.38. The Kier molecular flexibility index (Phi) is 1.96. The molecule has 2 heteroatoms. The molecule has 0 aliphatic carbocycles. The van der Waals surface area contributed by atoms with Crippen LogP contribution in [0.4, 0.5) is 0 Å². The Hall–Kier alpha value is -1.83. The van der Waals surface area contributed by atoms with Crippen molar-refractivity contribution in [2.75, 3.05) is 0 Å². The first-order chi connectivity index (χ1) is 7.77. The standard InChI is InChI=1S/C14H14NO/c1-10-5-3-6-11-9-16-12-7-4-8-15(2)14(12)13(10)11/h3-8H,9H2,1-2H3/q+1. The Bertz CT molecular complexity index is 509. The Balaban J connectivity index is 2.37. The molecule has 0 saturated carbocycles. The molecule has 1 aromatic carbocycles. The second kappa shape index (κ2) is 3.34. The fraction of sp³-hybridized carbons (Fsp3) is 0.214. The molecule has 3 rings (SSSR count). The van der Waals surface area contributed by atoms with Crippen LogP contribution in [0.1, 0.15) is 11.1 Å². The van der Waals surface area contributed by atoms with Gasteiger partial charge in [-0.15, -0.1) is 0 Å². The van der Waals surface area contributed by atoms with Crippen LogP contribution in [0.3, 0.4) is 0 Å². The smallest absolute Gasteiger partial charge is 0.255 e. The van der Waals surface area contributed by atoms with Crippen molar-refractivity contribution in [3.8, 4) is 17.0 Å². The average Bonchev–Trinajstić information content (AvgIpc) is 2.29. The van der Waals surface area contributed by atoms with Crippen molar-refractivity contribution >= 4 is 0 Å². The van der Waals surface area contributed by atoms with Crippen LogP contribution in [0.15, 0.2) is 36.5 Å². The number of aryl methyl sites for hydroxylation is 2. The molecule has 1 aliphatic heterocycles. The third-order valence-corrected chi connectivity index (χ3v) is 3.12. The van der Waals surface area contributed by atoms with Crippen LogP contribution in [0.2, 0.25) is 0 Å². The number of hydrogen-bond donors (Lipinski definition) is 0. The highest BCUT2D eigenvalue weighted by Gasteiger charge is 2.26. The van der Waals surface area contributed by atoms with E-state index in [1.54, 1.807) is 0 Å². The van der Waals surface area contributed by atoms with E-state index in [4.69, 9.17) is 4.74 Å². The van der Waals surface area contributed by atoms with Gasteiger partial charge in [-0.2, -0.15) is 4.57 Å². The van der Waals surface area contributed by atoms with Gasteiger partial charge in [0.2, 0.25) is 0 Å². The van der Waals surface area contributed by atoms with Crippen molar-refractivity contribution < 1.29 is 9.30 Å². The molecule has 0 bridgehead atoms. The van der Waals surface area contributed by atoms with E-state index in [1.807, 2.05) is 12.1 Å². The SMILES string of the molecule is Cc1cccc2c1-c1c(ccc[n+]1C)OC2. The largest absolute Gasteiger partial charge is 0.482 e. The maximum absolute atomic E-state index is 5.76. The highest BCUT2D eigenvalue weighted by Crippen LogP contribution is 2.36. The van der Waals surface area contributed by atoms with Crippen LogP contribution in [0.5, 0.6) is 5.75 Å². The molecule has 0 unspecified atom stereocenters. The minimum atomic E-state index is 0.675. The lowest BCUT2D eigenvalue weighted by atomic mass is 9.96. The summed E-state index contributed by atoms with van der Waals surface area (Å²) in [7, 11) is 2.06. The zero-order valence-electron chi connectivity index (χ0n) is 9.53. The first-order valence-electron chi connectivity index (χ1n) is 5.47. The Morgan fingerprint density at radius 3 is 2.94 bits per heavy atom. The summed E-state index contributed by atoms with van der Waals surface area (Å²) in [5.74, 6) is 0.979. The highest BCUT2D eigenvalue weighted by molar-refractivity contribution is 5.71. The third kappa shape index (κ3) is 1.23. The van der Waals surface area contributed by atoms with E-state index in [9.17, 15) is 0 Å². The minimum absolute atomic E-state index is 0.675. The van der Waals surface area contributed by atoms with Crippen molar-refractivity contribution in [3.05, 3.63) is 47.7 Å². The van der Waals surface area contributed by atoms with E-state index in [0.717, 1.165) is 5.75 Å². The molecule has 0 N–H and O–H groups in total. The lowest BCUT2D eigenvalue weighted by molar-refractivity contribution is -0.660. The molecule has 0 radical (unpaired) electrons. The first kappa shape index (κ1) is 9.40. The second-order valence-electron chi connectivity index (χ2n) is 4.23. The van der Waals surface area contributed by atoms with Crippen LogP contribution in [0, 0.1) is 6.92 Å². The van der Waals surface area contributed by atoms with Gasteiger partial charge in [-0.05, 0) is 18.6 Å². The van der Waals surface area contributed by atoms with E-state index in [-0.39, 0.29) is 0 Å². The average molecular weight is 212 g/mol. The van der Waals surface area contributed by atoms with Crippen molar-refractivity contribution in [3.63, 3.8) is 0 Å². The van der Waals surface area contributed by atoms with Gasteiger partial charge in [0.15, 0.2) is 11.9 Å². The maximum Gasteiger partial charge on any atom is 0.255 e. The molecule has 2 aromatic rings. The molecule has 0 saturated heterocycles. The van der Waals surface area contributed by atoms with Crippen molar-refractivity contribution in [2.24, 2.45) is 7.05 Å². The molecular formula is C14H14NO+. The van der Waals surface area contributed by atoms with E-state index >= 15 is 0 Å². The minimum Gasteiger partial charge on any atom is -0.482 e. The van der Waals surface area contributed by atoms with Gasteiger partial charge in [-0.1, -0.05) is 18.2 Å². The van der Waals surface area contributed by atoms with Gasteiger partial charge in [-0.3, -0.25) is 0 Å². The second-order valence-corrected chi connectivity index (χ2v) is 4.23. The summed E-state index contributed by atoms with van der Waals surface area (Å²) in [5, 5.41) is 0. The molecule has 80 valence electrons. The normalized spacial score (nSPS) is 12.6. The van der Waals surface area contributed by atoms with Crippen molar-refractivity contribution in [2.45, 2.75) is 13.5 Å². The van der Waals surface area contributed by atoms with Gasteiger partial charge >= 0.3 is 0 Å². The summed E-state index contributed by atoms with van der Waals surface area (Å²) in [4.78, 5) is 0. The first-order valence-corrected chi connectivity index (χ1v) is 5.47. The summed E-state index contributed by atoms with van der Waals surface area (Å²) in [6, 6.07) is 10.4. The van der Waals surface area contributed by atoms with E-state index in [2.05, 4.69) is 42.9 Å². The summed E-state index contributed by atoms with van der Waals surface area (Å²) >= 11 is 0. The number of hydrogen-bond acceptors (Lipinski definition) is 1. The Morgan fingerprint density at radius 2 is 2.06 bits per heavy atom. The van der Waals surface area contributed by atoms with Gasteiger partial charge in [0, 0.05) is 11.6 Å². The van der Waals surface area contributed by atoms with E-state index < -0.39 is 0 Å². The lowest BCUT2D eigenvalue weighted by Gasteiger charge is -2.19. The lowest BCUT2D eigenvalue weighted by Crippen LogP contribution is -2.32. The molecule has 16 heavy (non-hydrogen) atoms. The number of ether oxygens (including phenoxy) is 1. The van der Waals surface area contributed by atoms with Crippen LogP contribution in [-0.2, 0) is 13.7 Å². The summed E-state index contributed by atoms with van der Waals surface area (Å²) < 4.78 is 7.89. The molecule has 0 fully saturated rings. The molecule has 2 heterocycles. The Labute approximate surface area is 95.1 Å².